The van der Waals surface area contributed by atoms with Crippen molar-refractivity contribution < 1.29 is 13.9 Å². The molecular formula is C23H21ClFN5O2S. The zero-order valence-electron chi connectivity index (χ0n) is 17.5. The largest absolute Gasteiger partial charge is 0.402 e. The summed E-state index contributed by atoms with van der Waals surface area (Å²) in [5.41, 5.74) is 6.94. The molecule has 1 saturated heterocycles. The fourth-order valence-electron chi connectivity index (χ4n) is 3.73. The predicted molar refractivity (Wildman–Crippen MR) is 131 cm³/mol. The van der Waals surface area contributed by atoms with Gasteiger partial charge in [0.25, 0.3) is 0 Å². The standard InChI is InChI=1S/C23H20FN5O2S.ClH/c24-18-8-7-17(15-4-1-2-5-16(15)18)21-26-19(22(30)31-21)14-28-9-11-29(12-10-28)23(25)27-20-6-3-13-32-20;/h1-8,13-14H,9-12H2,(H2,25,27);1H/b19-14+;. The Balaban J connectivity index is 0.00000259. The quantitative estimate of drug-likeness (QED) is 0.263. The molecule has 2 N–H and O–H groups in total. The maximum absolute atomic E-state index is 14.1. The van der Waals surface area contributed by atoms with E-state index in [0.717, 1.165) is 5.00 Å². The van der Waals surface area contributed by atoms with Crippen LogP contribution >= 0.6 is 23.7 Å². The number of esters is 1. The fourth-order valence-corrected chi connectivity index (χ4v) is 4.33. The molecule has 1 aromatic heterocycles. The average Bonchev–Trinajstić information content (AvgIpc) is 3.44. The number of nitrogens with two attached hydrogens (primary N) is 1. The second kappa shape index (κ2) is 9.60. The molecule has 170 valence electrons. The molecule has 0 saturated carbocycles. The Morgan fingerprint density at radius 3 is 2.58 bits per heavy atom. The normalized spacial score (nSPS) is 17.8. The lowest BCUT2D eigenvalue weighted by Crippen LogP contribution is -2.49. The number of cyclic esters (lactones) is 1. The lowest BCUT2D eigenvalue weighted by molar-refractivity contribution is -0.130. The third-order valence-electron chi connectivity index (χ3n) is 5.40. The minimum atomic E-state index is -0.519. The Labute approximate surface area is 200 Å². The molecule has 1 fully saturated rings. The van der Waals surface area contributed by atoms with Crippen molar-refractivity contribution in [2.45, 2.75) is 0 Å². The van der Waals surface area contributed by atoms with Gasteiger partial charge in [-0.2, -0.15) is 0 Å². The Hall–Kier alpha value is -3.43. The molecule has 0 spiro atoms. The number of rotatable bonds is 3. The maximum Gasteiger partial charge on any atom is 0.365 e. The second-order valence-electron chi connectivity index (χ2n) is 7.41. The number of hydrogen-bond donors (Lipinski definition) is 1. The molecule has 2 aliphatic heterocycles. The Kier molecular flexibility index (Phi) is 6.62. The number of halogens is 2. The zero-order chi connectivity index (χ0) is 22.1. The van der Waals surface area contributed by atoms with Crippen molar-refractivity contribution in [3.05, 3.63) is 77.2 Å². The van der Waals surface area contributed by atoms with E-state index in [2.05, 4.69) is 9.98 Å². The average molecular weight is 486 g/mol. The third kappa shape index (κ3) is 4.69. The predicted octanol–water partition coefficient (Wildman–Crippen LogP) is 3.87. The van der Waals surface area contributed by atoms with Crippen molar-refractivity contribution in [2.75, 3.05) is 26.2 Å². The first-order chi connectivity index (χ1) is 15.6. The van der Waals surface area contributed by atoms with Crippen LogP contribution in [0.5, 0.6) is 0 Å². The van der Waals surface area contributed by atoms with E-state index in [1.54, 1.807) is 30.5 Å². The van der Waals surface area contributed by atoms with Crippen LogP contribution in [0.3, 0.4) is 0 Å². The van der Waals surface area contributed by atoms with Crippen molar-refractivity contribution in [3.63, 3.8) is 0 Å². The highest BCUT2D eigenvalue weighted by Gasteiger charge is 2.27. The molecular weight excluding hydrogens is 465 g/mol. The molecule has 0 bridgehead atoms. The summed E-state index contributed by atoms with van der Waals surface area (Å²) in [5.74, 6) is -0.175. The molecule has 3 aromatic rings. The van der Waals surface area contributed by atoms with Crippen molar-refractivity contribution in [2.24, 2.45) is 15.7 Å². The molecule has 3 heterocycles. The third-order valence-corrected chi connectivity index (χ3v) is 6.16. The van der Waals surface area contributed by atoms with Crippen LogP contribution in [0.2, 0.25) is 0 Å². The van der Waals surface area contributed by atoms with E-state index in [-0.39, 0.29) is 29.8 Å². The van der Waals surface area contributed by atoms with Gasteiger partial charge >= 0.3 is 5.97 Å². The lowest BCUT2D eigenvalue weighted by Gasteiger charge is -2.34. The molecule has 0 atom stereocenters. The molecule has 0 aliphatic carbocycles. The first-order valence-corrected chi connectivity index (χ1v) is 11.0. The van der Waals surface area contributed by atoms with E-state index in [1.165, 1.54) is 17.4 Å². The van der Waals surface area contributed by atoms with Crippen LogP contribution in [-0.2, 0) is 9.53 Å². The number of thiophene rings is 1. The summed E-state index contributed by atoms with van der Waals surface area (Å²) in [4.78, 5) is 25.3. The number of nitrogens with zero attached hydrogens (tertiary/aromatic N) is 4. The minimum absolute atomic E-state index is 0. The second-order valence-corrected chi connectivity index (χ2v) is 8.33. The van der Waals surface area contributed by atoms with Crippen molar-refractivity contribution in [1.82, 2.24) is 9.80 Å². The lowest BCUT2D eigenvalue weighted by atomic mass is 10.0. The van der Waals surface area contributed by atoms with Crippen LogP contribution < -0.4 is 5.73 Å². The van der Waals surface area contributed by atoms with E-state index >= 15 is 0 Å². The van der Waals surface area contributed by atoms with Gasteiger partial charge in [0.05, 0.1) is 0 Å². The smallest absolute Gasteiger partial charge is 0.365 e. The van der Waals surface area contributed by atoms with Gasteiger partial charge < -0.3 is 20.3 Å². The van der Waals surface area contributed by atoms with Crippen LogP contribution in [0.4, 0.5) is 9.39 Å². The van der Waals surface area contributed by atoms with Crippen molar-refractivity contribution >= 4 is 57.3 Å². The number of fused-ring (bicyclic) bond motifs is 1. The van der Waals surface area contributed by atoms with E-state index in [9.17, 15) is 9.18 Å². The molecule has 0 amide bonds. The number of benzene rings is 2. The first-order valence-electron chi connectivity index (χ1n) is 10.2. The molecule has 33 heavy (non-hydrogen) atoms. The van der Waals surface area contributed by atoms with E-state index < -0.39 is 5.97 Å². The van der Waals surface area contributed by atoms with Gasteiger partial charge in [-0.3, -0.25) is 0 Å². The maximum atomic E-state index is 14.1. The van der Waals surface area contributed by atoms with E-state index in [0.29, 0.717) is 48.5 Å². The number of hydrogen-bond acceptors (Lipinski definition) is 6. The Bertz CT molecular complexity index is 1270. The van der Waals surface area contributed by atoms with Crippen molar-refractivity contribution in [1.29, 1.82) is 0 Å². The van der Waals surface area contributed by atoms with Gasteiger partial charge in [0, 0.05) is 43.3 Å². The molecule has 2 aromatic carbocycles. The number of carbonyl (C=O) groups excluding carboxylic acids is 1. The molecule has 0 radical (unpaired) electrons. The van der Waals surface area contributed by atoms with Crippen LogP contribution in [0.1, 0.15) is 5.56 Å². The van der Waals surface area contributed by atoms with Crippen LogP contribution in [0.15, 0.2) is 75.8 Å². The molecule has 7 nitrogen and oxygen atoms in total. The summed E-state index contributed by atoms with van der Waals surface area (Å²) in [5, 5.41) is 3.94. The SMILES string of the molecule is Cl.N/C(=N/c1cccs1)N1CCN(/C=C2/N=C(c3ccc(F)c4ccccc34)OC2=O)CC1. The number of guanidine groups is 1. The molecule has 0 unspecified atom stereocenters. The molecule has 2 aliphatic rings. The Morgan fingerprint density at radius 1 is 1.09 bits per heavy atom. The van der Waals surface area contributed by atoms with Crippen LogP contribution in [0, 0.1) is 5.82 Å². The highest BCUT2D eigenvalue weighted by Crippen LogP contribution is 2.26. The van der Waals surface area contributed by atoms with Gasteiger partial charge in [-0.05, 0) is 35.0 Å². The van der Waals surface area contributed by atoms with Gasteiger partial charge in [-0.25, -0.2) is 19.2 Å². The Morgan fingerprint density at radius 2 is 1.85 bits per heavy atom. The monoisotopic (exact) mass is 485 g/mol. The number of piperazine rings is 1. The number of carbonyl (C=O) groups is 1. The van der Waals surface area contributed by atoms with Gasteiger partial charge in [0.15, 0.2) is 11.7 Å². The summed E-state index contributed by atoms with van der Waals surface area (Å²) in [6.45, 7) is 2.70. The van der Waals surface area contributed by atoms with Gasteiger partial charge in [-0.15, -0.1) is 23.7 Å². The molecule has 5 rings (SSSR count). The number of ether oxygens (including phenoxy) is 1. The number of aliphatic imine (C=N–C) groups is 2. The van der Waals surface area contributed by atoms with E-state index in [1.807, 2.05) is 33.4 Å². The minimum Gasteiger partial charge on any atom is -0.402 e. The van der Waals surface area contributed by atoms with Crippen molar-refractivity contribution in [3.8, 4) is 0 Å². The highest BCUT2D eigenvalue weighted by atomic mass is 35.5. The summed E-state index contributed by atoms with van der Waals surface area (Å²) >= 11 is 1.54. The topological polar surface area (TPSA) is 83.5 Å². The summed E-state index contributed by atoms with van der Waals surface area (Å²) in [6.07, 6.45) is 1.71. The van der Waals surface area contributed by atoms with Gasteiger partial charge in [0.1, 0.15) is 10.8 Å². The highest BCUT2D eigenvalue weighted by molar-refractivity contribution is 7.13. The van der Waals surface area contributed by atoms with Gasteiger partial charge in [0.2, 0.25) is 5.90 Å². The van der Waals surface area contributed by atoms with Crippen LogP contribution in [0.25, 0.3) is 10.8 Å². The zero-order valence-corrected chi connectivity index (χ0v) is 19.1. The summed E-state index contributed by atoms with van der Waals surface area (Å²) in [6, 6.07) is 13.8. The first kappa shape index (κ1) is 22.8. The van der Waals surface area contributed by atoms with E-state index in [4.69, 9.17) is 10.5 Å². The van der Waals surface area contributed by atoms with Crippen LogP contribution in [-0.4, -0.2) is 53.8 Å². The summed E-state index contributed by atoms with van der Waals surface area (Å²) < 4.78 is 19.5. The summed E-state index contributed by atoms with van der Waals surface area (Å²) in [7, 11) is 0. The van der Waals surface area contributed by atoms with Gasteiger partial charge in [-0.1, -0.05) is 24.3 Å². The fraction of sp³-hybridized carbons (Fsp3) is 0.174. The molecule has 10 heteroatoms.